The molecule has 0 aromatic carbocycles. The van der Waals surface area contributed by atoms with Crippen molar-refractivity contribution in [3.05, 3.63) is 0 Å². The first-order chi connectivity index (χ1) is 8.72. The Bertz CT molecular complexity index is 342. The predicted octanol–water partition coefficient (Wildman–Crippen LogP) is 0.611. The summed E-state index contributed by atoms with van der Waals surface area (Å²) in [5.41, 5.74) is 4.48. The van der Waals surface area contributed by atoms with Gasteiger partial charge < -0.3 is 21.1 Å². The number of ether oxygens (including phenoxy) is 1. The molecule has 0 aromatic heterocycles. The Morgan fingerprint density at radius 3 is 2.63 bits per heavy atom. The van der Waals surface area contributed by atoms with Gasteiger partial charge in [-0.15, -0.1) is 0 Å². The molecule has 1 rings (SSSR count). The van der Waals surface area contributed by atoms with Crippen LogP contribution in [0.3, 0.4) is 0 Å². The molecule has 2 amide bonds. The molecule has 6 heteroatoms. The third-order valence-electron chi connectivity index (χ3n) is 3.64. The van der Waals surface area contributed by atoms with Crippen LogP contribution in [-0.4, -0.2) is 36.7 Å². The Morgan fingerprint density at radius 1 is 1.53 bits per heavy atom. The van der Waals surface area contributed by atoms with E-state index in [1.54, 1.807) is 0 Å². The molecule has 1 fully saturated rings. The fourth-order valence-electron chi connectivity index (χ4n) is 2.83. The molecule has 4 N–H and O–H groups in total. The summed E-state index contributed by atoms with van der Waals surface area (Å²) in [4.78, 5) is 22.4. The minimum Gasteiger partial charge on any atom is -0.443 e. The molecule has 0 unspecified atom stereocenters. The molecule has 0 aliphatic carbocycles. The summed E-state index contributed by atoms with van der Waals surface area (Å²) in [6, 6.07) is 0.0596. The van der Waals surface area contributed by atoms with Crippen molar-refractivity contribution in [2.45, 2.75) is 45.8 Å². The van der Waals surface area contributed by atoms with Gasteiger partial charge in [0.05, 0.1) is 6.54 Å². The molecule has 0 bridgehead atoms. The largest absolute Gasteiger partial charge is 0.443 e. The lowest BCUT2D eigenvalue weighted by Gasteiger charge is -2.39. The number of primary amides is 1. The van der Waals surface area contributed by atoms with Gasteiger partial charge in [-0.3, -0.25) is 4.79 Å². The zero-order chi connectivity index (χ0) is 14.6. The van der Waals surface area contributed by atoms with Crippen molar-refractivity contribution in [2.24, 2.45) is 17.6 Å². The van der Waals surface area contributed by atoms with Crippen LogP contribution in [0.5, 0.6) is 0 Å². The van der Waals surface area contributed by atoms with Gasteiger partial charge in [0.2, 0.25) is 5.91 Å². The van der Waals surface area contributed by atoms with E-state index in [1.807, 2.05) is 13.8 Å². The van der Waals surface area contributed by atoms with Gasteiger partial charge in [0.1, 0.15) is 5.60 Å². The van der Waals surface area contributed by atoms with E-state index in [0.717, 1.165) is 13.0 Å². The van der Waals surface area contributed by atoms with Gasteiger partial charge in [-0.05, 0) is 26.2 Å². The van der Waals surface area contributed by atoms with Crippen molar-refractivity contribution < 1.29 is 14.3 Å². The summed E-state index contributed by atoms with van der Waals surface area (Å²) < 4.78 is 5.24. The molecule has 6 nitrogen and oxygen atoms in total. The lowest BCUT2D eigenvalue weighted by Crippen LogP contribution is -2.54. The molecule has 1 heterocycles. The second-order valence-corrected chi connectivity index (χ2v) is 6.01. The van der Waals surface area contributed by atoms with Gasteiger partial charge in [-0.2, -0.15) is 0 Å². The van der Waals surface area contributed by atoms with Crippen molar-refractivity contribution in [2.75, 3.05) is 13.1 Å². The van der Waals surface area contributed by atoms with E-state index >= 15 is 0 Å². The average Bonchev–Trinajstić information content (AvgIpc) is 2.23. The van der Waals surface area contributed by atoms with Crippen molar-refractivity contribution >= 4 is 12.0 Å². The van der Waals surface area contributed by atoms with Crippen LogP contribution in [0.1, 0.15) is 34.1 Å². The highest BCUT2D eigenvalue weighted by molar-refractivity contribution is 5.79. The Hall–Kier alpha value is -1.30. The first kappa shape index (κ1) is 15.8. The molecule has 110 valence electrons. The topological polar surface area (TPSA) is 93.4 Å². The lowest BCUT2D eigenvalue weighted by molar-refractivity contribution is -0.122. The second kappa shape index (κ2) is 6.23. The zero-order valence-corrected chi connectivity index (χ0v) is 12.2. The third kappa shape index (κ3) is 4.70. The highest BCUT2D eigenvalue weighted by atomic mass is 16.6. The molecule has 1 saturated heterocycles. The minimum atomic E-state index is -0.763. The van der Waals surface area contributed by atoms with E-state index in [2.05, 4.69) is 24.5 Å². The van der Waals surface area contributed by atoms with Crippen molar-refractivity contribution in [3.8, 4) is 0 Å². The minimum absolute atomic E-state index is 0.00684. The SMILES string of the molecule is CC(C)[C@H](C[C@H]1CNCC(=O)N1)C(C)(C)OC(N)=O. The summed E-state index contributed by atoms with van der Waals surface area (Å²) in [7, 11) is 0. The van der Waals surface area contributed by atoms with E-state index in [-0.39, 0.29) is 17.9 Å². The van der Waals surface area contributed by atoms with Crippen LogP contribution in [0.25, 0.3) is 0 Å². The van der Waals surface area contributed by atoms with Crippen LogP contribution in [0.2, 0.25) is 0 Å². The smallest absolute Gasteiger partial charge is 0.405 e. The Labute approximate surface area is 114 Å². The third-order valence-corrected chi connectivity index (χ3v) is 3.64. The maximum atomic E-state index is 11.4. The van der Waals surface area contributed by atoms with Crippen LogP contribution in [-0.2, 0) is 9.53 Å². The summed E-state index contributed by atoms with van der Waals surface area (Å²) in [5, 5.41) is 6.03. The van der Waals surface area contributed by atoms with E-state index in [9.17, 15) is 9.59 Å². The fourth-order valence-corrected chi connectivity index (χ4v) is 2.83. The Kier molecular flexibility index (Phi) is 5.17. The molecule has 1 aliphatic rings. The van der Waals surface area contributed by atoms with Gasteiger partial charge in [-0.1, -0.05) is 13.8 Å². The number of hydrogen-bond acceptors (Lipinski definition) is 4. The highest BCUT2D eigenvalue weighted by Crippen LogP contribution is 2.32. The first-order valence-corrected chi connectivity index (χ1v) is 6.71. The van der Waals surface area contributed by atoms with E-state index < -0.39 is 11.7 Å². The van der Waals surface area contributed by atoms with E-state index in [1.165, 1.54) is 0 Å². The number of amides is 2. The molecule has 1 aliphatic heterocycles. The zero-order valence-electron chi connectivity index (χ0n) is 12.2. The quantitative estimate of drug-likeness (QED) is 0.683. The molecule has 0 aromatic rings. The summed E-state index contributed by atoms with van der Waals surface area (Å²) >= 11 is 0. The first-order valence-electron chi connectivity index (χ1n) is 6.71. The monoisotopic (exact) mass is 271 g/mol. The Morgan fingerprint density at radius 2 is 2.16 bits per heavy atom. The maximum Gasteiger partial charge on any atom is 0.405 e. The van der Waals surface area contributed by atoms with E-state index in [0.29, 0.717) is 12.5 Å². The molecule has 19 heavy (non-hydrogen) atoms. The normalized spacial score (nSPS) is 21.9. The molecule has 0 saturated carbocycles. The van der Waals surface area contributed by atoms with Gasteiger partial charge >= 0.3 is 6.09 Å². The number of carbonyl (C=O) groups is 2. The summed E-state index contributed by atoms with van der Waals surface area (Å²) in [6.45, 7) is 8.98. The molecular formula is C13H25N3O3. The van der Waals surface area contributed by atoms with Gasteiger partial charge in [-0.25, -0.2) is 4.79 Å². The standard InChI is InChI=1S/C13H25N3O3/c1-8(2)10(13(3,4)19-12(14)18)5-9-6-15-7-11(17)16-9/h8-10,15H,5-7H2,1-4H3,(H2,14,18)(H,16,17)/t9-,10-/m0/s1. The maximum absolute atomic E-state index is 11.4. The fraction of sp³-hybridized carbons (Fsp3) is 0.846. The van der Waals surface area contributed by atoms with Crippen LogP contribution < -0.4 is 16.4 Å². The number of nitrogens with two attached hydrogens (primary N) is 1. The van der Waals surface area contributed by atoms with Gasteiger partial charge in [0.25, 0.3) is 0 Å². The number of carbonyl (C=O) groups excluding carboxylic acids is 2. The highest BCUT2D eigenvalue weighted by Gasteiger charge is 2.37. The van der Waals surface area contributed by atoms with Crippen molar-refractivity contribution in [1.29, 1.82) is 0 Å². The number of piperazine rings is 1. The molecular weight excluding hydrogens is 246 g/mol. The predicted molar refractivity (Wildman–Crippen MR) is 72.5 cm³/mol. The Balaban J connectivity index is 2.71. The van der Waals surface area contributed by atoms with Crippen LogP contribution in [0.15, 0.2) is 0 Å². The molecule has 2 atom stereocenters. The number of hydrogen-bond donors (Lipinski definition) is 3. The average molecular weight is 271 g/mol. The molecule has 0 radical (unpaired) electrons. The summed E-state index contributed by atoms with van der Waals surface area (Å²) in [6.07, 6.45) is -0.0158. The second-order valence-electron chi connectivity index (χ2n) is 6.01. The van der Waals surface area contributed by atoms with Crippen LogP contribution >= 0.6 is 0 Å². The van der Waals surface area contributed by atoms with Crippen LogP contribution in [0, 0.1) is 11.8 Å². The van der Waals surface area contributed by atoms with Gasteiger partial charge in [0, 0.05) is 18.5 Å². The van der Waals surface area contributed by atoms with Crippen molar-refractivity contribution in [3.63, 3.8) is 0 Å². The number of rotatable bonds is 5. The number of nitrogens with one attached hydrogen (secondary N) is 2. The summed E-state index contributed by atoms with van der Waals surface area (Å²) in [5.74, 6) is 0.436. The lowest BCUT2D eigenvalue weighted by atomic mass is 9.77. The van der Waals surface area contributed by atoms with E-state index in [4.69, 9.17) is 10.5 Å². The van der Waals surface area contributed by atoms with Crippen LogP contribution in [0.4, 0.5) is 4.79 Å². The molecule has 0 spiro atoms. The van der Waals surface area contributed by atoms with Crippen molar-refractivity contribution in [1.82, 2.24) is 10.6 Å². The van der Waals surface area contributed by atoms with Gasteiger partial charge in [0.15, 0.2) is 0 Å².